The van der Waals surface area contributed by atoms with Crippen LogP contribution in [-0.4, -0.2) is 45.9 Å². The Balaban J connectivity index is 2.14. The number of para-hydroxylation sites is 1. The number of carbonyl (C=O) groups is 2. The first-order valence-corrected chi connectivity index (χ1v) is 11.4. The molecule has 0 fully saturated rings. The van der Waals surface area contributed by atoms with Crippen molar-refractivity contribution < 1.29 is 9.59 Å². The molecular weight excluding hydrogens is 388 g/mol. The molecule has 1 aromatic heterocycles. The summed E-state index contributed by atoms with van der Waals surface area (Å²) in [6.07, 6.45) is 4.78. The number of anilines is 1. The van der Waals surface area contributed by atoms with E-state index in [1.165, 1.54) is 0 Å². The number of hydrogen-bond donors (Lipinski definition) is 1. The average molecular weight is 427 g/mol. The lowest BCUT2D eigenvalue weighted by Crippen LogP contribution is -2.46. The maximum absolute atomic E-state index is 13.3. The Morgan fingerprint density at radius 2 is 1.81 bits per heavy atom. The molecule has 0 spiro atoms. The normalized spacial score (nSPS) is 10.9. The third-order valence-electron chi connectivity index (χ3n) is 5.38. The Morgan fingerprint density at radius 3 is 2.42 bits per heavy atom. The first-order chi connectivity index (χ1) is 14.8. The van der Waals surface area contributed by atoms with Gasteiger partial charge in [-0.1, -0.05) is 52.3 Å². The van der Waals surface area contributed by atoms with Crippen molar-refractivity contribution in [1.82, 2.24) is 14.4 Å². The SMILES string of the molecule is CCCCN(Cc1cccn1C)C(=O)CN(CC(C)C)C(=O)Nc1ccccc1CC. The molecule has 170 valence electrons. The molecule has 0 aliphatic carbocycles. The lowest BCUT2D eigenvalue weighted by molar-refractivity contribution is -0.132. The molecule has 2 rings (SSSR count). The van der Waals surface area contributed by atoms with Gasteiger partial charge in [-0.25, -0.2) is 4.79 Å². The molecule has 0 saturated heterocycles. The molecule has 0 aliphatic heterocycles. The van der Waals surface area contributed by atoms with E-state index in [0.29, 0.717) is 19.6 Å². The summed E-state index contributed by atoms with van der Waals surface area (Å²) in [5.41, 5.74) is 2.98. The van der Waals surface area contributed by atoms with Crippen molar-refractivity contribution >= 4 is 17.6 Å². The second-order valence-corrected chi connectivity index (χ2v) is 8.49. The minimum Gasteiger partial charge on any atom is -0.353 e. The number of nitrogens with zero attached hydrogens (tertiary/aromatic N) is 3. The number of hydrogen-bond acceptors (Lipinski definition) is 2. The molecule has 0 aliphatic rings. The molecule has 0 bridgehead atoms. The molecule has 0 atom stereocenters. The van der Waals surface area contributed by atoms with Gasteiger partial charge in [0.1, 0.15) is 6.54 Å². The molecule has 1 aromatic carbocycles. The van der Waals surface area contributed by atoms with E-state index in [9.17, 15) is 9.59 Å². The van der Waals surface area contributed by atoms with Crippen molar-refractivity contribution in [3.8, 4) is 0 Å². The lowest BCUT2D eigenvalue weighted by atomic mass is 10.1. The van der Waals surface area contributed by atoms with Crippen molar-refractivity contribution in [3.05, 3.63) is 53.9 Å². The molecule has 6 nitrogen and oxygen atoms in total. The Hall–Kier alpha value is -2.76. The Kier molecular flexibility index (Phi) is 9.63. The van der Waals surface area contributed by atoms with Crippen molar-refractivity contribution in [2.24, 2.45) is 13.0 Å². The summed E-state index contributed by atoms with van der Waals surface area (Å²) >= 11 is 0. The minimum absolute atomic E-state index is 0.0192. The van der Waals surface area contributed by atoms with Gasteiger partial charge in [0.05, 0.1) is 6.54 Å². The molecule has 6 heteroatoms. The van der Waals surface area contributed by atoms with Crippen LogP contribution < -0.4 is 5.32 Å². The van der Waals surface area contributed by atoms with E-state index < -0.39 is 0 Å². The van der Waals surface area contributed by atoms with E-state index in [2.05, 4.69) is 33.0 Å². The Morgan fingerprint density at radius 1 is 1.06 bits per heavy atom. The second kappa shape index (κ2) is 12.2. The quantitative estimate of drug-likeness (QED) is 0.555. The Bertz CT molecular complexity index is 844. The van der Waals surface area contributed by atoms with Gasteiger partial charge in [-0.2, -0.15) is 0 Å². The molecule has 0 radical (unpaired) electrons. The van der Waals surface area contributed by atoms with E-state index in [1.807, 2.05) is 59.1 Å². The van der Waals surface area contributed by atoms with Gasteiger partial charge in [-0.05, 0) is 42.5 Å². The highest BCUT2D eigenvalue weighted by atomic mass is 16.2. The minimum atomic E-state index is -0.225. The molecule has 2 aromatic rings. The van der Waals surface area contributed by atoms with Gasteiger partial charge in [0, 0.05) is 37.7 Å². The van der Waals surface area contributed by atoms with Gasteiger partial charge in [-0.3, -0.25) is 4.79 Å². The zero-order valence-electron chi connectivity index (χ0n) is 19.7. The predicted octanol–water partition coefficient (Wildman–Crippen LogP) is 4.91. The van der Waals surface area contributed by atoms with Gasteiger partial charge in [-0.15, -0.1) is 0 Å². The van der Waals surface area contributed by atoms with Gasteiger partial charge >= 0.3 is 6.03 Å². The van der Waals surface area contributed by atoms with E-state index in [0.717, 1.165) is 36.2 Å². The van der Waals surface area contributed by atoms with Gasteiger partial charge in [0.25, 0.3) is 0 Å². The largest absolute Gasteiger partial charge is 0.353 e. The Labute approximate surface area is 187 Å². The summed E-state index contributed by atoms with van der Waals surface area (Å²) in [7, 11) is 1.99. The summed E-state index contributed by atoms with van der Waals surface area (Å²) < 4.78 is 2.03. The molecular formula is C25H38N4O2. The number of benzene rings is 1. The summed E-state index contributed by atoms with van der Waals surface area (Å²) in [5, 5.41) is 3.02. The van der Waals surface area contributed by atoms with E-state index in [4.69, 9.17) is 0 Å². The summed E-state index contributed by atoms with van der Waals surface area (Å²) in [5.74, 6) is 0.242. The first kappa shape index (κ1) is 24.5. The standard InChI is InChI=1S/C25H38N4O2/c1-6-8-16-28(18-22-13-11-15-27(22)5)24(30)19-29(17-20(3)4)25(31)26-23-14-10-9-12-21(23)7-2/h9-15,20H,6-8,16-19H2,1-5H3,(H,26,31). The number of unbranched alkanes of at least 4 members (excludes halogenated alkanes) is 1. The van der Waals surface area contributed by atoms with Crippen LogP contribution >= 0.6 is 0 Å². The van der Waals surface area contributed by atoms with Crippen LogP contribution in [-0.2, 0) is 24.8 Å². The number of rotatable bonds is 11. The zero-order chi connectivity index (χ0) is 22.8. The number of aryl methyl sites for hydroxylation is 2. The highest BCUT2D eigenvalue weighted by molar-refractivity contribution is 5.93. The van der Waals surface area contributed by atoms with Gasteiger partial charge < -0.3 is 19.7 Å². The fourth-order valence-corrected chi connectivity index (χ4v) is 3.57. The number of carbonyl (C=O) groups excluding carboxylic acids is 2. The third-order valence-corrected chi connectivity index (χ3v) is 5.38. The van der Waals surface area contributed by atoms with Crippen molar-refractivity contribution in [1.29, 1.82) is 0 Å². The van der Waals surface area contributed by atoms with Gasteiger partial charge in [0.2, 0.25) is 5.91 Å². The number of amides is 3. The second-order valence-electron chi connectivity index (χ2n) is 8.49. The fourth-order valence-electron chi connectivity index (χ4n) is 3.57. The fraction of sp³-hybridized carbons (Fsp3) is 0.520. The first-order valence-electron chi connectivity index (χ1n) is 11.4. The number of urea groups is 1. The average Bonchev–Trinajstić information content (AvgIpc) is 3.14. The zero-order valence-corrected chi connectivity index (χ0v) is 19.7. The predicted molar refractivity (Wildman–Crippen MR) is 127 cm³/mol. The van der Waals surface area contributed by atoms with Crippen LogP contribution in [0.3, 0.4) is 0 Å². The van der Waals surface area contributed by atoms with Crippen LogP contribution in [0, 0.1) is 5.92 Å². The summed E-state index contributed by atoms with van der Waals surface area (Å²) in [6, 6.07) is 11.6. The highest BCUT2D eigenvalue weighted by Crippen LogP contribution is 2.17. The van der Waals surface area contributed by atoms with Crippen LogP contribution in [0.15, 0.2) is 42.6 Å². The summed E-state index contributed by atoms with van der Waals surface area (Å²) in [6.45, 7) is 10.1. The van der Waals surface area contributed by atoms with Crippen LogP contribution in [0.5, 0.6) is 0 Å². The van der Waals surface area contributed by atoms with Gasteiger partial charge in [0.15, 0.2) is 0 Å². The maximum atomic E-state index is 13.3. The number of aromatic nitrogens is 1. The third kappa shape index (κ3) is 7.46. The van der Waals surface area contributed by atoms with Crippen LogP contribution in [0.25, 0.3) is 0 Å². The molecule has 3 amide bonds. The monoisotopic (exact) mass is 426 g/mol. The van der Waals surface area contributed by atoms with E-state index in [1.54, 1.807) is 4.90 Å². The van der Waals surface area contributed by atoms with E-state index in [-0.39, 0.29) is 24.4 Å². The maximum Gasteiger partial charge on any atom is 0.322 e. The lowest BCUT2D eigenvalue weighted by Gasteiger charge is -2.29. The summed E-state index contributed by atoms with van der Waals surface area (Å²) in [4.78, 5) is 29.9. The van der Waals surface area contributed by atoms with Crippen LogP contribution in [0.4, 0.5) is 10.5 Å². The molecule has 31 heavy (non-hydrogen) atoms. The molecule has 1 heterocycles. The topological polar surface area (TPSA) is 57.6 Å². The highest BCUT2D eigenvalue weighted by Gasteiger charge is 2.23. The number of nitrogens with one attached hydrogen (secondary N) is 1. The smallest absolute Gasteiger partial charge is 0.322 e. The van der Waals surface area contributed by atoms with Crippen molar-refractivity contribution in [2.75, 3.05) is 25.0 Å². The molecule has 0 saturated carbocycles. The van der Waals surface area contributed by atoms with Crippen molar-refractivity contribution in [3.63, 3.8) is 0 Å². The molecule has 0 unspecified atom stereocenters. The molecule has 1 N–H and O–H groups in total. The van der Waals surface area contributed by atoms with Crippen LogP contribution in [0.2, 0.25) is 0 Å². The van der Waals surface area contributed by atoms with E-state index >= 15 is 0 Å². The van der Waals surface area contributed by atoms with Crippen LogP contribution in [0.1, 0.15) is 51.8 Å². The van der Waals surface area contributed by atoms with Crippen molar-refractivity contribution in [2.45, 2.75) is 53.5 Å².